The standard InChI is InChI=1S/C17H24O3/c1-2-5-14(9-10-16(19)8-4-11-18)12-15-6-3-7-17(20)13-15/h3-4,6-8,12-13,16,18-20H,2,5,9-11H2,1H3/b8-4-,14-12+/t16-/m0/s1. The Balaban J connectivity index is 2.66. The molecule has 1 aromatic rings. The first kappa shape index (κ1) is 16.5. The topological polar surface area (TPSA) is 60.7 Å². The molecule has 0 aliphatic carbocycles. The van der Waals surface area contributed by atoms with Crippen molar-refractivity contribution in [1.29, 1.82) is 0 Å². The SMILES string of the molecule is CCC/C(=C\c1cccc(O)c1)CC[C@@H](O)/C=C\CO. The van der Waals surface area contributed by atoms with Crippen molar-refractivity contribution in [2.24, 2.45) is 0 Å². The van der Waals surface area contributed by atoms with E-state index in [0.717, 1.165) is 24.8 Å². The summed E-state index contributed by atoms with van der Waals surface area (Å²) in [6.07, 6.45) is 8.21. The first-order valence-electron chi connectivity index (χ1n) is 7.09. The van der Waals surface area contributed by atoms with Gasteiger partial charge in [0.25, 0.3) is 0 Å². The number of allylic oxidation sites excluding steroid dienone is 1. The molecule has 0 bridgehead atoms. The van der Waals surface area contributed by atoms with E-state index in [2.05, 4.69) is 13.0 Å². The highest BCUT2D eigenvalue weighted by molar-refractivity contribution is 5.54. The zero-order chi connectivity index (χ0) is 14.8. The Morgan fingerprint density at radius 2 is 2.10 bits per heavy atom. The highest BCUT2D eigenvalue weighted by Crippen LogP contribution is 2.20. The van der Waals surface area contributed by atoms with Gasteiger partial charge in [-0.05, 0) is 37.0 Å². The van der Waals surface area contributed by atoms with E-state index in [9.17, 15) is 10.2 Å². The maximum Gasteiger partial charge on any atom is 0.116 e. The monoisotopic (exact) mass is 276 g/mol. The van der Waals surface area contributed by atoms with Crippen molar-refractivity contribution in [1.82, 2.24) is 0 Å². The summed E-state index contributed by atoms with van der Waals surface area (Å²) < 4.78 is 0. The molecule has 0 aliphatic heterocycles. The van der Waals surface area contributed by atoms with E-state index in [1.807, 2.05) is 12.1 Å². The highest BCUT2D eigenvalue weighted by Gasteiger charge is 2.03. The molecular formula is C17H24O3. The molecule has 1 rings (SSSR count). The molecule has 0 radical (unpaired) electrons. The molecule has 20 heavy (non-hydrogen) atoms. The highest BCUT2D eigenvalue weighted by atomic mass is 16.3. The van der Waals surface area contributed by atoms with Crippen LogP contribution < -0.4 is 0 Å². The largest absolute Gasteiger partial charge is 0.508 e. The minimum Gasteiger partial charge on any atom is -0.508 e. The number of hydrogen-bond acceptors (Lipinski definition) is 3. The fraction of sp³-hybridized carbons (Fsp3) is 0.412. The van der Waals surface area contributed by atoms with Gasteiger partial charge < -0.3 is 15.3 Å². The lowest BCUT2D eigenvalue weighted by atomic mass is 10.00. The molecule has 3 N–H and O–H groups in total. The van der Waals surface area contributed by atoms with Crippen LogP contribution in [0.1, 0.15) is 38.2 Å². The molecule has 0 unspecified atom stereocenters. The van der Waals surface area contributed by atoms with Crippen molar-refractivity contribution >= 4 is 6.08 Å². The third-order valence-electron chi connectivity index (χ3n) is 3.04. The average Bonchev–Trinajstić information content (AvgIpc) is 2.43. The van der Waals surface area contributed by atoms with Crippen LogP contribution in [0.4, 0.5) is 0 Å². The molecule has 0 spiro atoms. The summed E-state index contributed by atoms with van der Waals surface area (Å²) >= 11 is 0. The van der Waals surface area contributed by atoms with E-state index >= 15 is 0 Å². The van der Waals surface area contributed by atoms with Gasteiger partial charge in [0, 0.05) is 0 Å². The third-order valence-corrected chi connectivity index (χ3v) is 3.04. The zero-order valence-electron chi connectivity index (χ0n) is 12.0. The van der Waals surface area contributed by atoms with E-state index in [4.69, 9.17) is 5.11 Å². The van der Waals surface area contributed by atoms with Crippen molar-refractivity contribution in [2.45, 2.75) is 38.7 Å². The van der Waals surface area contributed by atoms with E-state index < -0.39 is 6.10 Å². The molecule has 0 aliphatic rings. The number of aliphatic hydroxyl groups excluding tert-OH is 2. The predicted molar refractivity (Wildman–Crippen MR) is 82.5 cm³/mol. The fourth-order valence-electron chi connectivity index (χ4n) is 2.09. The molecule has 0 amide bonds. The quantitative estimate of drug-likeness (QED) is 0.639. The Kier molecular flexibility index (Phi) is 7.70. The van der Waals surface area contributed by atoms with Crippen LogP contribution in [-0.2, 0) is 0 Å². The lowest BCUT2D eigenvalue weighted by Gasteiger charge is -2.09. The molecule has 3 heteroatoms. The van der Waals surface area contributed by atoms with Crippen LogP contribution in [-0.4, -0.2) is 28.0 Å². The smallest absolute Gasteiger partial charge is 0.116 e. The molecule has 0 saturated carbocycles. The summed E-state index contributed by atoms with van der Waals surface area (Å²) in [6.45, 7) is 2.08. The lowest BCUT2D eigenvalue weighted by molar-refractivity contribution is 0.211. The van der Waals surface area contributed by atoms with Crippen LogP contribution in [0.2, 0.25) is 0 Å². The molecule has 3 nitrogen and oxygen atoms in total. The third kappa shape index (κ3) is 6.55. The van der Waals surface area contributed by atoms with Crippen molar-refractivity contribution in [3.05, 3.63) is 47.6 Å². The van der Waals surface area contributed by atoms with E-state index in [1.165, 1.54) is 5.57 Å². The van der Waals surface area contributed by atoms with Gasteiger partial charge in [-0.15, -0.1) is 0 Å². The van der Waals surface area contributed by atoms with Gasteiger partial charge in [0.1, 0.15) is 5.75 Å². The molecule has 1 atom stereocenters. The number of benzene rings is 1. The van der Waals surface area contributed by atoms with Gasteiger partial charge in [-0.3, -0.25) is 0 Å². The van der Waals surface area contributed by atoms with Gasteiger partial charge in [0.2, 0.25) is 0 Å². The van der Waals surface area contributed by atoms with Crippen LogP contribution >= 0.6 is 0 Å². The number of hydrogen-bond donors (Lipinski definition) is 3. The Hall–Kier alpha value is -1.58. The summed E-state index contributed by atoms with van der Waals surface area (Å²) in [7, 11) is 0. The fourth-order valence-corrected chi connectivity index (χ4v) is 2.09. The minimum absolute atomic E-state index is 0.0436. The molecule has 0 saturated heterocycles. The Bertz CT molecular complexity index is 449. The summed E-state index contributed by atoms with van der Waals surface area (Å²) in [5, 5.41) is 27.9. The summed E-state index contributed by atoms with van der Waals surface area (Å²) in [5.41, 5.74) is 2.24. The number of rotatable bonds is 8. The summed E-state index contributed by atoms with van der Waals surface area (Å²) in [4.78, 5) is 0. The Morgan fingerprint density at radius 3 is 2.75 bits per heavy atom. The van der Waals surface area contributed by atoms with Gasteiger partial charge >= 0.3 is 0 Å². The van der Waals surface area contributed by atoms with Crippen LogP contribution in [0.5, 0.6) is 5.75 Å². The van der Waals surface area contributed by atoms with Crippen molar-refractivity contribution in [3.63, 3.8) is 0 Å². The van der Waals surface area contributed by atoms with Gasteiger partial charge in [0.15, 0.2) is 0 Å². The molecular weight excluding hydrogens is 252 g/mol. The predicted octanol–water partition coefficient (Wildman–Crippen LogP) is 3.27. The van der Waals surface area contributed by atoms with Gasteiger partial charge in [0.05, 0.1) is 12.7 Å². The molecule has 110 valence electrons. The lowest BCUT2D eigenvalue weighted by Crippen LogP contribution is -2.03. The maximum atomic E-state index is 9.74. The van der Waals surface area contributed by atoms with Crippen LogP contribution in [0.25, 0.3) is 6.08 Å². The van der Waals surface area contributed by atoms with Crippen molar-refractivity contribution < 1.29 is 15.3 Å². The first-order chi connectivity index (χ1) is 9.65. The maximum absolute atomic E-state index is 9.74. The van der Waals surface area contributed by atoms with Crippen LogP contribution in [0.15, 0.2) is 42.0 Å². The first-order valence-corrected chi connectivity index (χ1v) is 7.09. The second kappa shape index (κ2) is 9.34. The van der Waals surface area contributed by atoms with Crippen LogP contribution in [0, 0.1) is 0 Å². The number of aliphatic hydroxyl groups is 2. The number of phenolic OH excluding ortho intramolecular Hbond substituents is 1. The second-order valence-corrected chi connectivity index (χ2v) is 4.86. The zero-order valence-corrected chi connectivity index (χ0v) is 12.0. The average molecular weight is 276 g/mol. The Morgan fingerprint density at radius 1 is 1.30 bits per heavy atom. The number of aromatic hydroxyl groups is 1. The summed E-state index contributed by atoms with van der Waals surface area (Å²) in [6, 6.07) is 7.17. The van der Waals surface area contributed by atoms with Gasteiger partial charge in [-0.2, -0.15) is 0 Å². The Labute approximate surface area is 120 Å². The second-order valence-electron chi connectivity index (χ2n) is 4.86. The van der Waals surface area contributed by atoms with Gasteiger partial charge in [-0.25, -0.2) is 0 Å². The van der Waals surface area contributed by atoms with E-state index in [1.54, 1.807) is 24.3 Å². The molecule has 0 heterocycles. The van der Waals surface area contributed by atoms with Crippen molar-refractivity contribution in [3.8, 4) is 5.75 Å². The normalized spacial score (nSPS) is 13.8. The molecule has 0 fully saturated rings. The minimum atomic E-state index is -0.522. The van der Waals surface area contributed by atoms with E-state index in [0.29, 0.717) is 6.42 Å². The molecule has 0 aromatic heterocycles. The van der Waals surface area contributed by atoms with E-state index in [-0.39, 0.29) is 12.4 Å². The van der Waals surface area contributed by atoms with Crippen molar-refractivity contribution in [2.75, 3.05) is 6.61 Å². The number of phenols is 1. The van der Waals surface area contributed by atoms with Gasteiger partial charge in [-0.1, -0.05) is 49.3 Å². The molecule has 1 aromatic carbocycles. The van der Waals surface area contributed by atoms with Crippen LogP contribution in [0.3, 0.4) is 0 Å². The summed E-state index contributed by atoms with van der Waals surface area (Å²) in [5.74, 6) is 0.264.